The van der Waals surface area contributed by atoms with E-state index in [0.29, 0.717) is 30.5 Å². The normalized spacial score (nSPS) is 16.1. The number of morpholine rings is 1. The van der Waals surface area contributed by atoms with Crippen LogP contribution in [-0.2, 0) is 9.53 Å². The van der Waals surface area contributed by atoms with Gasteiger partial charge in [0.2, 0.25) is 0 Å². The van der Waals surface area contributed by atoms with Gasteiger partial charge in [0.15, 0.2) is 6.61 Å². The number of hydrogen-bond acceptors (Lipinski definition) is 5. The lowest BCUT2D eigenvalue weighted by atomic mass is 10.1. The molecule has 1 saturated heterocycles. The molecule has 1 aliphatic heterocycles. The van der Waals surface area contributed by atoms with Gasteiger partial charge in [0.1, 0.15) is 17.3 Å². The molecule has 1 N–H and O–H groups in total. The fourth-order valence-corrected chi connectivity index (χ4v) is 3.23. The minimum atomic E-state index is -0.200. The molecule has 146 valence electrons. The van der Waals surface area contributed by atoms with Crippen LogP contribution in [0.25, 0.3) is 0 Å². The molecule has 7 heteroatoms. The number of hydrogen-bond donors (Lipinski definition) is 1. The molecule has 0 aliphatic carbocycles. The number of amides is 1. The van der Waals surface area contributed by atoms with E-state index in [4.69, 9.17) is 25.5 Å². The highest BCUT2D eigenvalue weighted by molar-refractivity contribution is 6.32. The maximum Gasteiger partial charge on any atom is 0.258 e. The summed E-state index contributed by atoms with van der Waals surface area (Å²) >= 11 is 6.10. The van der Waals surface area contributed by atoms with Crippen molar-refractivity contribution < 1.29 is 18.7 Å². The summed E-state index contributed by atoms with van der Waals surface area (Å²) in [5, 5.41) is 3.43. The Hall–Kier alpha value is -2.02. The summed E-state index contributed by atoms with van der Waals surface area (Å²) in [6.07, 6.45) is 0. The van der Waals surface area contributed by atoms with E-state index < -0.39 is 0 Å². The van der Waals surface area contributed by atoms with Gasteiger partial charge in [0, 0.05) is 19.6 Å². The van der Waals surface area contributed by atoms with Crippen LogP contribution in [0.4, 0.5) is 0 Å². The molecule has 1 aliphatic rings. The van der Waals surface area contributed by atoms with Crippen LogP contribution in [0.3, 0.4) is 0 Å². The zero-order valence-corrected chi connectivity index (χ0v) is 16.4. The van der Waals surface area contributed by atoms with Crippen molar-refractivity contribution in [2.24, 2.45) is 0 Å². The van der Waals surface area contributed by atoms with Crippen LogP contribution in [0.5, 0.6) is 5.75 Å². The number of nitrogens with one attached hydrogen (secondary N) is 1. The Morgan fingerprint density at radius 1 is 1.26 bits per heavy atom. The Bertz CT molecular complexity index is 771. The lowest BCUT2D eigenvalue weighted by Gasteiger charge is -2.33. The zero-order valence-electron chi connectivity index (χ0n) is 15.7. The molecular weight excluding hydrogens is 368 g/mol. The van der Waals surface area contributed by atoms with Gasteiger partial charge in [-0.2, -0.15) is 0 Å². The van der Waals surface area contributed by atoms with Crippen molar-refractivity contribution >= 4 is 17.5 Å². The van der Waals surface area contributed by atoms with Gasteiger partial charge >= 0.3 is 0 Å². The van der Waals surface area contributed by atoms with E-state index in [1.54, 1.807) is 6.07 Å². The van der Waals surface area contributed by atoms with Crippen LogP contribution in [0, 0.1) is 13.8 Å². The van der Waals surface area contributed by atoms with E-state index in [9.17, 15) is 4.79 Å². The van der Waals surface area contributed by atoms with Gasteiger partial charge in [-0.15, -0.1) is 0 Å². The molecule has 2 heterocycles. The highest BCUT2D eigenvalue weighted by Crippen LogP contribution is 2.25. The third kappa shape index (κ3) is 5.48. The van der Waals surface area contributed by atoms with Crippen LogP contribution in [0.2, 0.25) is 5.02 Å². The minimum Gasteiger partial charge on any atom is -0.482 e. The first-order valence-electron chi connectivity index (χ1n) is 9.06. The van der Waals surface area contributed by atoms with E-state index in [0.717, 1.165) is 30.2 Å². The maximum atomic E-state index is 12.3. The standard InChI is InChI=1S/C20H25ClN2O4/c1-14-3-5-16(21)19(11-14)26-13-20(24)22-12-17(18-6-4-15(2)27-18)23-7-9-25-10-8-23/h3-6,11,17H,7-10,12-13H2,1-2H3,(H,22,24). The fourth-order valence-electron chi connectivity index (χ4n) is 3.06. The van der Waals surface area contributed by atoms with Crippen molar-refractivity contribution in [2.45, 2.75) is 19.9 Å². The second-order valence-corrected chi connectivity index (χ2v) is 7.05. The molecule has 1 aromatic heterocycles. The molecule has 1 amide bonds. The van der Waals surface area contributed by atoms with E-state index in [-0.39, 0.29) is 18.6 Å². The monoisotopic (exact) mass is 392 g/mol. The molecule has 1 fully saturated rings. The molecular formula is C20H25ClN2O4. The Morgan fingerprint density at radius 3 is 2.74 bits per heavy atom. The number of nitrogens with zero attached hydrogens (tertiary/aromatic N) is 1. The third-order valence-electron chi connectivity index (χ3n) is 4.51. The predicted molar refractivity (Wildman–Crippen MR) is 103 cm³/mol. The third-order valence-corrected chi connectivity index (χ3v) is 4.83. The number of ether oxygens (including phenoxy) is 2. The van der Waals surface area contributed by atoms with Crippen LogP contribution >= 0.6 is 11.6 Å². The molecule has 1 unspecified atom stereocenters. The van der Waals surface area contributed by atoms with Crippen molar-refractivity contribution in [3.05, 3.63) is 52.4 Å². The first-order valence-corrected chi connectivity index (χ1v) is 9.44. The minimum absolute atomic E-state index is 0.0332. The van der Waals surface area contributed by atoms with E-state index in [1.165, 1.54) is 0 Å². The van der Waals surface area contributed by atoms with Gasteiger partial charge in [-0.05, 0) is 43.7 Å². The molecule has 0 bridgehead atoms. The lowest BCUT2D eigenvalue weighted by molar-refractivity contribution is -0.123. The quantitative estimate of drug-likeness (QED) is 0.784. The number of benzene rings is 1. The molecule has 6 nitrogen and oxygen atoms in total. The molecule has 0 saturated carbocycles. The van der Waals surface area contributed by atoms with Gasteiger partial charge in [-0.3, -0.25) is 9.69 Å². The second kappa shape index (κ2) is 9.26. The highest BCUT2D eigenvalue weighted by Gasteiger charge is 2.25. The lowest BCUT2D eigenvalue weighted by Crippen LogP contribution is -2.44. The molecule has 2 aromatic rings. The summed E-state index contributed by atoms with van der Waals surface area (Å²) in [5.74, 6) is 2.01. The largest absolute Gasteiger partial charge is 0.482 e. The van der Waals surface area contributed by atoms with E-state index in [2.05, 4.69) is 10.2 Å². The molecule has 3 rings (SSSR count). The predicted octanol–water partition coefficient (Wildman–Crippen LogP) is 3.12. The van der Waals surface area contributed by atoms with Gasteiger partial charge in [0.05, 0.1) is 24.3 Å². The Labute approximate surface area is 164 Å². The van der Waals surface area contributed by atoms with E-state index >= 15 is 0 Å². The highest BCUT2D eigenvalue weighted by atomic mass is 35.5. The van der Waals surface area contributed by atoms with Gasteiger partial charge < -0.3 is 19.2 Å². The molecule has 1 aromatic carbocycles. The summed E-state index contributed by atoms with van der Waals surface area (Å²) in [6.45, 7) is 7.18. The average molecular weight is 393 g/mol. The summed E-state index contributed by atoms with van der Waals surface area (Å²) in [4.78, 5) is 14.5. The van der Waals surface area contributed by atoms with Crippen molar-refractivity contribution in [1.29, 1.82) is 0 Å². The SMILES string of the molecule is Cc1ccc(Cl)c(OCC(=O)NCC(c2ccc(C)o2)N2CCOCC2)c1. The van der Waals surface area contributed by atoms with E-state index in [1.807, 2.05) is 38.1 Å². The smallest absolute Gasteiger partial charge is 0.258 e. The van der Waals surface area contributed by atoms with Crippen molar-refractivity contribution in [3.8, 4) is 5.75 Å². The van der Waals surface area contributed by atoms with Crippen LogP contribution in [-0.4, -0.2) is 50.3 Å². The number of carbonyl (C=O) groups excluding carboxylic acids is 1. The zero-order chi connectivity index (χ0) is 19.2. The number of halogens is 1. The summed E-state index contributed by atoms with van der Waals surface area (Å²) < 4.78 is 16.8. The molecule has 27 heavy (non-hydrogen) atoms. The summed E-state index contributed by atoms with van der Waals surface area (Å²) in [5.41, 5.74) is 1.02. The Kier molecular flexibility index (Phi) is 6.77. The van der Waals surface area contributed by atoms with Crippen LogP contribution in [0.15, 0.2) is 34.7 Å². The topological polar surface area (TPSA) is 63.9 Å². The van der Waals surface area contributed by atoms with Crippen LogP contribution < -0.4 is 10.1 Å². The number of furan rings is 1. The second-order valence-electron chi connectivity index (χ2n) is 6.64. The Morgan fingerprint density at radius 2 is 2.04 bits per heavy atom. The number of carbonyl (C=O) groups is 1. The van der Waals surface area contributed by atoms with Crippen molar-refractivity contribution in [1.82, 2.24) is 10.2 Å². The fraction of sp³-hybridized carbons (Fsp3) is 0.450. The van der Waals surface area contributed by atoms with Gasteiger partial charge in [-0.25, -0.2) is 0 Å². The van der Waals surface area contributed by atoms with Gasteiger partial charge in [0.25, 0.3) is 5.91 Å². The number of aryl methyl sites for hydroxylation is 2. The molecule has 0 spiro atoms. The Balaban J connectivity index is 1.57. The van der Waals surface area contributed by atoms with Crippen molar-refractivity contribution in [3.63, 3.8) is 0 Å². The van der Waals surface area contributed by atoms with Crippen molar-refractivity contribution in [2.75, 3.05) is 39.5 Å². The molecule has 1 atom stereocenters. The number of rotatable bonds is 7. The summed E-state index contributed by atoms with van der Waals surface area (Å²) in [6, 6.07) is 9.34. The average Bonchev–Trinajstić information content (AvgIpc) is 3.09. The summed E-state index contributed by atoms with van der Waals surface area (Å²) in [7, 11) is 0. The molecule has 0 radical (unpaired) electrons. The first kappa shape index (κ1) is 19.7. The van der Waals surface area contributed by atoms with Gasteiger partial charge in [-0.1, -0.05) is 17.7 Å². The first-order chi connectivity index (χ1) is 13.0. The maximum absolute atomic E-state index is 12.3. The van der Waals surface area contributed by atoms with Crippen LogP contribution in [0.1, 0.15) is 23.1 Å².